The number of halogens is 2. The first kappa shape index (κ1) is 22.0. The van der Waals surface area contributed by atoms with E-state index in [1.165, 1.54) is 12.3 Å². The van der Waals surface area contributed by atoms with E-state index < -0.39 is 29.2 Å². The summed E-state index contributed by atoms with van der Waals surface area (Å²) in [6, 6.07) is 12.4. The molecule has 0 spiro atoms. The van der Waals surface area contributed by atoms with Crippen LogP contribution in [-0.4, -0.2) is 23.3 Å². The molecule has 8 heteroatoms. The van der Waals surface area contributed by atoms with E-state index >= 15 is 4.39 Å². The van der Waals surface area contributed by atoms with Gasteiger partial charge in [0.2, 0.25) is 0 Å². The van der Waals surface area contributed by atoms with E-state index in [1.54, 1.807) is 49.5 Å². The van der Waals surface area contributed by atoms with E-state index in [0.717, 1.165) is 11.6 Å². The summed E-state index contributed by atoms with van der Waals surface area (Å²) in [6.45, 7) is 1.84. The van der Waals surface area contributed by atoms with Crippen LogP contribution in [0.3, 0.4) is 0 Å². The molecule has 3 rings (SSSR count). The Morgan fingerprint density at radius 2 is 1.94 bits per heavy atom. The summed E-state index contributed by atoms with van der Waals surface area (Å²) in [5.74, 6) is -2.47. The molecule has 1 aromatic heterocycles. The average Bonchev–Trinajstić information content (AvgIpc) is 2.77. The lowest BCUT2D eigenvalue weighted by atomic mass is 9.99. The maximum Gasteiger partial charge on any atom is 0.254 e. The number of carbonyl (C=O) groups is 1. The van der Waals surface area contributed by atoms with Crippen LogP contribution in [0.2, 0.25) is 0 Å². The highest BCUT2D eigenvalue weighted by molar-refractivity contribution is 5.94. The third-order valence-electron chi connectivity index (χ3n) is 4.66. The lowest BCUT2D eigenvalue weighted by Gasteiger charge is -2.20. The number of rotatable bonds is 8. The standard InChI is InChI=1S/C23H22F2N4O2/c1-2-31-21(23(30)29-12-14-5-7-15(8-6-14)22(26)27)19-18(24)10-9-17(20(19)25)16-4-3-11-28-13-16/h3-11,13,21H,2,12H2,1H3,(H3,26,27)(H,29,30). The minimum absolute atomic E-state index is 0.0635. The van der Waals surface area contributed by atoms with E-state index in [-0.39, 0.29) is 24.6 Å². The minimum atomic E-state index is -1.46. The molecule has 0 aliphatic rings. The normalized spacial score (nSPS) is 11.7. The Labute approximate surface area is 178 Å². The van der Waals surface area contributed by atoms with Gasteiger partial charge in [0, 0.05) is 42.2 Å². The highest BCUT2D eigenvalue weighted by Gasteiger charge is 2.29. The van der Waals surface area contributed by atoms with Crippen LogP contribution in [0.15, 0.2) is 60.9 Å². The fourth-order valence-electron chi connectivity index (χ4n) is 3.10. The van der Waals surface area contributed by atoms with Crippen LogP contribution in [0.1, 0.15) is 29.7 Å². The Morgan fingerprint density at radius 3 is 2.55 bits per heavy atom. The van der Waals surface area contributed by atoms with Crippen molar-refractivity contribution >= 4 is 11.7 Å². The van der Waals surface area contributed by atoms with Gasteiger partial charge in [-0.15, -0.1) is 0 Å². The molecule has 0 saturated carbocycles. The quantitative estimate of drug-likeness (QED) is 0.379. The largest absolute Gasteiger partial charge is 0.384 e. The number of nitrogen functional groups attached to an aromatic ring is 1. The summed E-state index contributed by atoms with van der Waals surface area (Å²) < 4.78 is 35.3. The van der Waals surface area contributed by atoms with Gasteiger partial charge in [-0.05, 0) is 30.7 Å². The molecule has 31 heavy (non-hydrogen) atoms. The monoisotopic (exact) mass is 424 g/mol. The number of pyridine rings is 1. The van der Waals surface area contributed by atoms with Gasteiger partial charge in [-0.1, -0.05) is 30.3 Å². The molecule has 1 heterocycles. The number of nitrogens with zero attached hydrogens (tertiary/aromatic N) is 1. The highest BCUT2D eigenvalue weighted by atomic mass is 19.1. The summed E-state index contributed by atoms with van der Waals surface area (Å²) in [6.07, 6.45) is 1.55. The third-order valence-corrected chi connectivity index (χ3v) is 4.66. The molecule has 1 amide bonds. The molecule has 4 N–H and O–H groups in total. The number of nitrogens with two attached hydrogens (primary N) is 1. The smallest absolute Gasteiger partial charge is 0.254 e. The Hall–Kier alpha value is -3.65. The summed E-state index contributed by atoms with van der Waals surface area (Å²) in [5, 5.41) is 10.1. The number of amidine groups is 1. The number of aromatic nitrogens is 1. The van der Waals surface area contributed by atoms with Crippen molar-refractivity contribution in [2.24, 2.45) is 5.73 Å². The van der Waals surface area contributed by atoms with Crippen molar-refractivity contribution in [1.29, 1.82) is 5.41 Å². The maximum absolute atomic E-state index is 15.3. The van der Waals surface area contributed by atoms with E-state index in [9.17, 15) is 9.18 Å². The Balaban J connectivity index is 1.85. The molecule has 1 atom stereocenters. The Morgan fingerprint density at radius 1 is 1.19 bits per heavy atom. The molecule has 0 radical (unpaired) electrons. The number of nitrogens with one attached hydrogen (secondary N) is 2. The molecule has 160 valence electrons. The number of benzene rings is 2. The van der Waals surface area contributed by atoms with Gasteiger partial charge < -0.3 is 15.8 Å². The summed E-state index contributed by atoms with van der Waals surface area (Å²) in [4.78, 5) is 16.8. The lowest BCUT2D eigenvalue weighted by molar-refractivity contribution is -0.133. The zero-order chi connectivity index (χ0) is 22.4. The van der Waals surface area contributed by atoms with Gasteiger partial charge >= 0.3 is 0 Å². The van der Waals surface area contributed by atoms with Crippen LogP contribution in [0.5, 0.6) is 0 Å². The predicted molar refractivity (Wildman–Crippen MR) is 113 cm³/mol. The molecule has 2 aromatic carbocycles. The van der Waals surface area contributed by atoms with Crippen LogP contribution in [0.25, 0.3) is 11.1 Å². The number of hydrogen-bond acceptors (Lipinski definition) is 4. The first-order chi connectivity index (χ1) is 14.9. The number of hydrogen-bond donors (Lipinski definition) is 3. The Bertz CT molecular complexity index is 1070. The van der Waals surface area contributed by atoms with Crippen LogP contribution in [-0.2, 0) is 16.1 Å². The van der Waals surface area contributed by atoms with Crippen molar-refractivity contribution in [3.63, 3.8) is 0 Å². The van der Waals surface area contributed by atoms with Crippen molar-refractivity contribution in [3.8, 4) is 11.1 Å². The van der Waals surface area contributed by atoms with Crippen LogP contribution >= 0.6 is 0 Å². The maximum atomic E-state index is 15.3. The predicted octanol–water partition coefficient (Wildman–Crippen LogP) is 3.70. The van der Waals surface area contributed by atoms with Crippen molar-refractivity contribution in [2.75, 3.05) is 6.61 Å². The van der Waals surface area contributed by atoms with Crippen molar-refractivity contribution in [3.05, 3.63) is 89.2 Å². The Kier molecular flexibility index (Phi) is 7.04. The molecule has 6 nitrogen and oxygen atoms in total. The van der Waals surface area contributed by atoms with Crippen LogP contribution < -0.4 is 11.1 Å². The molecule has 0 aliphatic carbocycles. The summed E-state index contributed by atoms with van der Waals surface area (Å²) in [5.41, 5.74) is 6.85. The molecule has 0 saturated heterocycles. The van der Waals surface area contributed by atoms with Gasteiger partial charge in [-0.3, -0.25) is 15.2 Å². The topological polar surface area (TPSA) is 101 Å². The summed E-state index contributed by atoms with van der Waals surface area (Å²) in [7, 11) is 0. The second-order valence-corrected chi connectivity index (χ2v) is 6.73. The van der Waals surface area contributed by atoms with Gasteiger partial charge in [0.1, 0.15) is 17.5 Å². The highest BCUT2D eigenvalue weighted by Crippen LogP contribution is 2.31. The first-order valence-electron chi connectivity index (χ1n) is 9.63. The third kappa shape index (κ3) is 5.10. The molecule has 3 aromatic rings. The average molecular weight is 424 g/mol. The van der Waals surface area contributed by atoms with Crippen molar-refractivity contribution in [1.82, 2.24) is 10.3 Å². The molecule has 0 fully saturated rings. The second kappa shape index (κ2) is 9.90. The van der Waals surface area contributed by atoms with Gasteiger partial charge in [-0.25, -0.2) is 8.78 Å². The molecule has 0 bridgehead atoms. The summed E-state index contributed by atoms with van der Waals surface area (Å²) >= 11 is 0. The molecular formula is C23H22F2N4O2. The van der Waals surface area contributed by atoms with E-state index in [1.807, 2.05) is 0 Å². The van der Waals surface area contributed by atoms with E-state index in [4.69, 9.17) is 15.9 Å². The van der Waals surface area contributed by atoms with Gasteiger partial charge in [0.05, 0.1) is 5.56 Å². The van der Waals surface area contributed by atoms with E-state index in [0.29, 0.717) is 11.1 Å². The first-order valence-corrected chi connectivity index (χ1v) is 9.63. The SMILES string of the molecule is CCOC(C(=O)NCc1ccc(C(=N)N)cc1)c1c(F)ccc(-c2cccnc2)c1F. The number of amides is 1. The van der Waals surface area contributed by atoms with Gasteiger partial charge in [0.15, 0.2) is 6.10 Å². The van der Waals surface area contributed by atoms with E-state index in [2.05, 4.69) is 10.3 Å². The number of carbonyl (C=O) groups excluding carboxylic acids is 1. The molecular weight excluding hydrogens is 402 g/mol. The van der Waals surface area contributed by atoms with Crippen LogP contribution in [0.4, 0.5) is 8.78 Å². The van der Waals surface area contributed by atoms with Gasteiger partial charge in [0.25, 0.3) is 5.91 Å². The van der Waals surface area contributed by atoms with Crippen LogP contribution in [0, 0.1) is 17.0 Å². The molecule has 1 unspecified atom stereocenters. The zero-order valence-electron chi connectivity index (χ0n) is 16.9. The number of ether oxygens (including phenoxy) is 1. The fraction of sp³-hybridized carbons (Fsp3) is 0.174. The van der Waals surface area contributed by atoms with Crippen molar-refractivity contribution in [2.45, 2.75) is 19.6 Å². The minimum Gasteiger partial charge on any atom is -0.384 e. The zero-order valence-corrected chi connectivity index (χ0v) is 16.9. The fourth-order valence-corrected chi connectivity index (χ4v) is 3.10. The molecule has 0 aliphatic heterocycles. The lowest BCUT2D eigenvalue weighted by Crippen LogP contribution is -2.31. The van der Waals surface area contributed by atoms with Crippen molar-refractivity contribution < 1.29 is 18.3 Å². The van der Waals surface area contributed by atoms with Gasteiger partial charge in [-0.2, -0.15) is 0 Å². The second-order valence-electron chi connectivity index (χ2n) is 6.73.